The molecule has 64 valence electrons. The van der Waals surface area contributed by atoms with Crippen LogP contribution in [0.2, 0.25) is 5.02 Å². The third-order valence-electron chi connectivity index (χ3n) is 1.54. The summed E-state index contributed by atoms with van der Waals surface area (Å²) >= 11 is 5.54. The van der Waals surface area contributed by atoms with E-state index < -0.39 is 11.7 Å². The monoisotopic (exact) mass is 187 g/mol. The van der Waals surface area contributed by atoms with Crippen molar-refractivity contribution in [3.05, 3.63) is 34.1 Å². The lowest BCUT2D eigenvalue weighted by molar-refractivity contribution is 0.0996. The van der Waals surface area contributed by atoms with Gasteiger partial charge in [0, 0.05) is 0 Å². The van der Waals surface area contributed by atoms with Crippen molar-refractivity contribution >= 4 is 17.5 Å². The van der Waals surface area contributed by atoms with Gasteiger partial charge in [0.25, 0.3) is 5.91 Å². The van der Waals surface area contributed by atoms with Crippen LogP contribution < -0.4 is 5.73 Å². The van der Waals surface area contributed by atoms with Gasteiger partial charge in [-0.1, -0.05) is 17.7 Å². The molecule has 0 saturated heterocycles. The van der Waals surface area contributed by atoms with Crippen LogP contribution in [0.15, 0.2) is 12.1 Å². The van der Waals surface area contributed by atoms with Crippen molar-refractivity contribution in [2.24, 2.45) is 5.73 Å². The van der Waals surface area contributed by atoms with E-state index in [-0.39, 0.29) is 10.6 Å². The first kappa shape index (κ1) is 9.00. The Kier molecular flexibility index (Phi) is 2.33. The molecule has 0 aromatic heterocycles. The fourth-order valence-electron chi connectivity index (χ4n) is 0.836. The number of aryl methyl sites for hydroxylation is 1. The Bertz CT molecular complexity index is 338. The van der Waals surface area contributed by atoms with Crippen molar-refractivity contribution in [2.45, 2.75) is 6.92 Å². The zero-order valence-corrected chi connectivity index (χ0v) is 7.15. The first-order valence-corrected chi connectivity index (χ1v) is 3.66. The third kappa shape index (κ3) is 1.41. The Labute approximate surface area is 74.1 Å². The average Bonchev–Trinajstić information content (AvgIpc) is 2.00. The van der Waals surface area contributed by atoms with Crippen LogP contribution in [0.3, 0.4) is 0 Å². The smallest absolute Gasteiger partial charge is 0.251 e. The second-order valence-corrected chi connectivity index (χ2v) is 2.80. The molecule has 0 unspecified atom stereocenters. The van der Waals surface area contributed by atoms with E-state index in [1.807, 2.05) is 0 Å². The van der Waals surface area contributed by atoms with Crippen molar-refractivity contribution < 1.29 is 9.18 Å². The molecule has 0 fully saturated rings. The predicted molar refractivity (Wildman–Crippen MR) is 44.7 cm³/mol. The molecule has 2 N–H and O–H groups in total. The zero-order chi connectivity index (χ0) is 9.30. The molecule has 0 aliphatic carbocycles. The van der Waals surface area contributed by atoms with Crippen LogP contribution in [-0.4, -0.2) is 5.91 Å². The van der Waals surface area contributed by atoms with Crippen molar-refractivity contribution in [3.8, 4) is 0 Å². The maximum absolute atomic E-state index is 13.1. The zero-order valence-electron chi connectivity index (χ0n) is 6.40. The fourth-order valence-corrected chi connectivity index (χ4v) is 1.00. The van der Waals surface area contributed by atoms with E-state index in [0.29, 0.717) is 5.56 Å². The van der Waals surface area contributed by atoms with E-state index in [9.17, 15) is 9.18 Å². The SMILES string of the molecule is Cc1ccc(C(N)=O)c(F)c1Cl. The summed E-state index contributed by atoms with van der Waals surface area (Å²) < 4.78 is 13.1. The maximum Gasteiger partial charge on any atom is 0.251 e. The van der Waals surface area contributed by atoms with Crippen LogP contribution in [0.5, 0.6) is 0 Å². The largest absolute Gasteiger partial charge is 0.366 e. The van der Waals surface area contributed by atoms with Crippen molar-refractivity contribution in [1.82, 2.24) is 0 Å². The van der Waals surface area contributed by atoms with Gasteiger partial charge in [-0.15, -0.1) is 0 Å². The molecule has 0 atom stereocenters. The van der Waals surface area contributed by atoms with Gasteiger partial charge in [0.1, 0.15) is 0 Å². The number of amides is 1. The minimum absolute atomic E-state index is 0.0497. The summed E-state index contributed by atoms with van der Waals surface area (Å²) in [6.07, 6.45) is 0. The number of halogens is 2. The van der Waals surface area contributed by atoms with E-state index in [2.05, 4.69) is 0 Å². The molecule has 4 heteroatoms. The molecule has 2 nitrogen and oxygen atoms in total. The van der Waals surface area contributed by atoms with Crippen LogP contribution in [-0.2, 0) is 0 Å². The Hall–Kier alpha value is -1.09. The van der Waals surface area contributed by atoms with Crippen LogP contribution in [0.1, 0.15) is 15.9 Å². The summed E-state index contributed by atoms with van der Waals surface area (Å²) in [5.41, 5.74) is 5.30. The van der Waals surface area contributed by atoms with Gasteiger partial charge in [-0.05, 0) is 18.6 Å². The highest BCUT2D eigenvalue weighted by Gasteiger charge is 2.12. The summed E-state index contributed by atoms with van der Waals surface area (Å²) in [5, 5.41) is -0.0497. The van der Waals surface area contributed by atoms with Crippen LogP contribution in [0.4, 0.5) is 4.39 Å². The molecular formula is C8H7ClFNO. The molecule has 1 aromatic rings. The number of carbonyl (C=O) groups is 1. The van der Waals surface area contributed by atoms with Crippen molar-refractivity contribution in [3.63, 3.8) is 0 Å². The van der Waals surface area contributed by atoms with Crippen molar-refractivity contribution in [1.29, 1.82) is 0 Å². The van der Waals surface area contributed by atoms with E-state index >= 15 is 0 Å². The Morgan fingerprint density at radius 3 is 2.67 bits per heavy atom. The molecule has 0 bridgehead atoms. The lowest BCUT2D eigenvalue weighted by Gasteiger charge is -2.02. The molecule has 0 spiro atoms. The number of rotatable bonds is 1. The maximum atomic E-state index is 13.1. The number of hydrogen-bond acceptors (Lipinski definition) is 1. The summed E-state index contributed by atoms with van der Waals surface area (Å²) in [6.45, 7) is 1.65. The number of primary amides is 1. The topological polar surface area (TPSA) is 43.1 Å². The van der Waals surface area contributed by atoms with E-state index in [0.717, 1.165) is 0 Å². The molecule has 12 heavy (non-hydrogen) atoms. The van der Waals surface area contributed by atoms with Gasteiger partial charge in [-0.2, -0.15) is 0 Å². The minimum atomic E-state index is -0.811. The molecule has 1 aromatic carbocycles. The third-order valence-corrected chi connectivity index (χ3v) is 2.00. The van der Waals surface area contributed by atoms with Gasteiger partial charge in [-0.3, -0.25) is 4.79 Å². The Morgan fingerprint density at radius 1 is 1.58 bits per heavy atom. The molecule has 1 amide bonds. The van der Waals surface area contributed by atoms with Gasteiger partial charge < -0.3 is 5.73 Å². The Balaban J connectivity index is 3.36. The van der Waals surface area contributed by atoms with Crippen LogP contribution >= 0.6 is 11.6 Å². The number of nitrogens with two attached hydrogens (primary N) is 1. The highest BCUT2D eigenvalue weighted by Crippen LogP contribution is 2.21. The van der Waals surface area contributed by atoms with Gasteiger partial charge in [-0.25, -0.2) is 4.39 Å². The Morgan fingerprint density at radius 2 is 2.17 bits per heavy atom. The second kappa shape index (κ2) is 3.11. The van der Waals surface area contributed by atoms with E-state index in [1.54, 1.807) is 13.0 Å². The van der Waals surface area contributed by atoms with Crippen LogP contribution in [0, 0.1) is 12.7 Å². The van der Waals surface area contributed by atoms with Gasteiger partial charge in [0.2, 0.25) is 0 Å². The highest BCUT2D eigenvalue weighted by molar-refractivity contribution is 6.31. The first-order chi connectivity index (χ1) is 5.54. The molecule has 0 aliphatic heterocycles. The summed E-state index contributed by atoms with van der Waals surface area (Å²) in [7, 11) is 0. The first-order valence-electron chi connectivity index (χ1n) is 3.28. The average molecular weight is 188 g/mol. The highest BCUT2D eigenvalue weighted by atomic mass is 35.5. The predicted octanol–water partition coefficient (Wildman–Crippen LogP) is 1.89. The lowest BCUT2D eigenvalue weighted by atomic mass is 10.1. The van der Waals surface area contributed by atoms with Crippen LogP contribution in [0.25, 0.3) is 0 Å². The lowest BCUT2D eigenvalue weighted by Crippen LogP contribution is -2.13. The molecule has 0 radical (unpaired) electrons. The summed E-state index contributed by atoms with van der Waals surface area (Å²) in [4.78, 5) is 10.6. The molecule has 1 rings (SSSR count). The fraction of sp³-hybridized carbons (Fsp3) is 0.125. The molecule has 0 saturated carbocycles. The quantitative estimate of drug-likeness (QED) is 0.717. The van der Waals surface area contributed by atoms with Gasteiger partial charge >= 0.3 is 0 Å². The van der Waals surface area contributed by atoms with E-state index in [4.69, 9.17) is 17.3 Å². The molecule has 0 aliphatic rings. The standard InChI is InChI=1S/C8H7ClFNO/c1-4-2-3-5(8(11)12)7(10)6(4)9/h2-3H,1H3,(H2,11,12). The normalized spacial score (nSPS) is 9.92. The number of carbonyl (C=O) groups excluding carboxylic acids is 1. The number of hydrogen-bond donors (Lipinski definition) is 1. The van der Waals surface area contributed by atoms with E-state index in [1.165, 1.54) is 6.07 Å². The van der Waals surface area contributed by atoms with Gasteiger partial charge in [0.05, 0.1) is 10.6 Å². The summed E-state index contributed by atoms with van der Waals surface area (Å²) in [6, 6.07) is 2.87. The summed E-state index contributed by atoms with van der Waals surface area (Å²) in [5.74, 6) is -1.56. The molecular weight excluding hydrogens is 181 g/mol. The molecule has 0 heterocycles. The number of benzene rings is 1. The minimum Gasteiger partial charge on any atom is -0.366 e. The van der Waals surface area contributed by atoms with Gasteiger partial charge in [0.15, 0.2) is 5.82 Å². The second-order valence-electron chi connectivity index (χ2n) is 2.42. The van der Waals surface area contributed by atoms with Crippen molar-refractivity contribution in [2.75, 3.05) is 0 Å².